The van der Waals surface area contributed by atoms with E-state index < -0.39 is 84.1 Å². The number of nitrogens with one attached hydrogen (secondary N) is 4. The Morgan fingerprint density at radius 3 is 0.651 bits per heavy atom. The van der Waals surface area contributed by atoms with Crippen LogP contribution in [0.3, 0.4) is 0 Å². The van der Waals surface area contributed by atoms with E-state index in [1.165, 1.54) is 104 Å². The Morgan fingerprint density at radius 2 is 0.434 bits per heavy atom. The topological polar surface area (TPSA) is 293 Å². The van der Waals surface area contributed by atoms with E-state index in [-0.39, 0.29) is 50.7 Å². The average molecular weight is 1500 g/mol. The van der Waals surface area contributed by atoms with Crippen LogP contribution in [0.2, 0.25) is 0 Å². The largest absolute Gasteiger partial charge is 0.464 e. The number of urea groups is 2. The van der Waals surface area contributed by atoms with Crippen LogP contribution in [-0.2, 0) is 76.3 Å². The van der Waals surface area contributed by atoms with Crippen LogP contribution < -0.4 is 21.3 Å². The minimum Gasteiger partial charge on any atom is -0.464 e. The highest BCUT2D eigenvalue weighted by molar-refractivity contribution is 5.95. The van der Waals surface area contributed by atoms with Crippen molar-refractivity contribution in [3.8, 4) is 0 Å². The fraction of sp³-hybridized carbons (Fsp3) is 0.786. The maximum Gasteiger partial charge on any atom is 0.350 e. The number of esters is 8. The van der Waals surface area contributed by atoms with E-state index >= 15 is 0 Å². The SMILES string of the molecule is C=C(C)C(=O)OCCCCCCCCCOC(=O)C(OC(=O)C(=C)C)[C@H](NC(=O)NCCCCCCCCCCCCNC(=O)N[C@H](C(=O)OCCCCCCCCCCCCCC)C(OC(=O)C(=C)C)C(=O)OCCCCCCCCCOC(=O)C(=C)C)C(=O)OCCCCCCCCCCCCCC. The Hall–Kier alpha value is -6.74. The van der Waals surface area contributed by atoms with Gasteiger partial charge in [-0.25, -0.2) is 47.9 Å². The van der Waals surface area contributed by atoms with Crippen LogP contribution in [0.1, 0.15) is 350 Å². The quantitative estimate of drug-likeness (QED) is 0.0190. The fourth-order valence-electron chi connectivity index (χ4n) is 11.6. The Bertz CT molecular complexity index is 2290. The first kappa shape index (κ1) is 99.3. The van der Waals surface area contributed by atoms with Gasteiger partial charge in [0.15, 0.2) is 12.1 Å². The Kier molecular flexibility index (Phi) is 65.5. The molecule has 0 aromatic rings. The molecule has 0 rings (SSSR count). The molecular formula is C84H146N4O18. The molecule has 0 aromatic carbocycles. The zero-order valence-electron chi connectivity index (χ0n) is 67.1. The van der Waals surface area contributed by atoms with E-state index in [1.54, 1.807) is 13.8 Å². The molecule has 4 amide bonds. The average Bonchev–Trinajstić information content (AvgIpc) is 0.850. The molecule has 0 heterocycles. The molecule has 106 heavy (non-hydrogen) atoms. The van der Waals surface area contributed by atoms with Gasteiger partial charge in [0.05, 0.1) is 39.6 Å². The lowest BCUT2D eigenvalue weighted by molar-refractivity contribution is -0.172. The molecule has 0 saturated carbocycles. The third-order valence-corrected chi connectivity index (χ3v) is 18.2. The van der Waals surface area contributed by atoms with E-state index in [9.17, 15) is 47.9 Å². The van der Waals surface area contributed by atoms with Gasteiger partial charge in [0.2, 0.25) is 12.2 Å². The van der Waals surface area contributed by atoms with Gasteiger partial charge in [-0.3, -0.25) is 0 Å². The summed E-state index contributed by atoms with van der Waals surface area (Å²) in [6, 6.07) is -4.86. The smallest absolute Gasteiger partial charge is 0.350 e. The third kappa shape index (κ3) is 58.4. The van der Waals surface area contributed by atoms with Crippen molar-refractivity contribution in [1.82, 2.24) is 21.3 Å². The molecule has 610 valence electrons. The summed E-state index contributed by atoms with van der Waals surface area (Å²) in [5.74, 6) is -6.48. The number of ether oxygens (including phenoxy) is 8. The molecule has 4 atom stereocenters. The number of carbonyl (C=O) groups excluding carboxylic acids is 10. The number of unbranched alkanes of at least 4 members (excludes halogenated alkanes) is 43. The predicted molar refractivity (Wildman–Crippen MR) is 418 cm³/mol. The van der Waals surface area contributed by atoms with Crippen LogP contribution in [0.15, 0.2) is 48.6 Å². The van der Waals surface area contributed by atoms with Crippen LogP contribution in [0.4, 0.5) is 9.59 Å². The van der Waals surface area contributed by atoms with Crippen molar-refractivity contribution >= 4 is 59.8 Å². The summed E-state index contributed by atoms with van der Waals surface area (Å²) in [5, 5.41) is 10.7. The molecule has 0 bridgehead atoms. The van der Waals surface area contributed by atoms with Gasteiger partial charge in [-0.1, -0.05) is 297 Å². The number of carbonyl (C=O) groups is 10. The molecule has 4 N–H and O–H groups in total. The Morgan fingerprint density at radius 1 is 0.245 bits per heavy atom. The monoisotopic (exact) mass is 1500 g/mol. The molecule has 0 spiro atoms. The van der Waals surface area contributed by atoms with Gasteiger partial charge in [-0.2, -0.15) is 0 Å². The highest BCUT2D eigenvalue weighted by Gasteiger charge is 2.42. The highest BCUT2D eigenvalue weighted by Crippen LogP contribution is 2.19. The van der Waals surface area contributed by atoms with E-state index in [0.29, 0.717) is 62.9 Å². The van der Waals surface area contributed by atoms with Crippen molar-refractivity contribution in [3.05, 3.63) is 48.6 Å². The number of amides is 4. The van der Waals surface area contributed by atoms with Crippen molar-refractivity contribution < 1.29 is 85.8 Å². The first-order valence-corrected chi connectivity index (χ1v) is 41.3. The van der Waals surface area contributed by atoms with E-state index in [0.717, 1.165) is 180 Å². The zero-order chi connectivity index (χ0) is 78.5. The molecule has 0 aliphatic carbocycles. The molecule has 0 aromatic heterocycles. The Balaban J connectivity index is 5.41. The maximum atomic E-state index is 13.8. The van der Waals surface area contributed by atoms with E-state index in [2.05, 4.69) is 61.4 Å². The second-order valence-corrected chi connectivity index (χ2v) is 28.7. The molecule has 0 saturated heterocycles. The summed E-state index contributed by atoms with van der Waals surface area (Å²) >= 11 is 0. The lowest BCUT2D eigenvalue weighted by Crippen LogP contribution is -2.56. The maximum absolute atomic E-state index is 13.8. The second kappa shape index (κ2) is 70.0. The van der Waals surface area contributed by atoms with Crippen molar-refractivity contribution in [2.24, 2.45) is 0 Å². The molecule has 2 unspecified atom stereocenters. The normalized spacial score (nSPS) is 12.1. The van der Waals surface area contributed by atoms with Gasteiger partial charge >= 0.3 is 59.8 Å². The third-order valence-electron chi connectivity index (χ3n) is 18.2. The van der Waals surface area contributed by atoms with Gasteiger partial charge in [-0.05, 0) is 79.1 Å². The number of hydrogen-bond donors (Lipinski definition) is 4. The van der Waals surface area contributed by atoms with E-state index in [1.807, 2.05) is 0 Å². The predicted octanol–water partition coefficient (Wildman–Crippen LogP) is 18.5. The van der Waals surface area contributed by atoms with E-state index in [4.69, 9.17) is 37.9 Å². The van der Waals surface area contributed by atoms with Crippen LogP contribution >= 0.6 is 0 Å². The van der Waals surface area contributed by atoms with Gasteiger partial charge in [0.25, 0.3) is 0 Å². The van der Waals surface area contributed by atoms with Crippen LogP contribution in [-0.4, -0.2) is 137 Å². The van der Waals surface area contributed by atoms with Crippen molar-refractivity contribution in [2.75, 3.05) is 52.7 Å². The Labute approximate surface area is 639 Å². The summed E-state index contributed by atoms with van der Waals surface area (Å²) in [7, 11) is 0. The minimum absolute atomic E-state index is 0.00326. The van der Waals surface area contributed by atoms with Crippen molar-refractivity contribution in [2.45, 2.75) is 374 Å². The van der Waals surface area contributed by atoms with Gasteiger partial charge in [0, 0.05) is 35.4 Å². The summed E-state index contributed by atoms with van der Waals surface area (Å²) in [6.45, 7) is 26.3. The summed E-state index contributed by atoms with van der Waals surface area (Å²) in [6.07, 6.45) is 43.5. The number of hydrogen-bond acceptors (Lipinski definition) is 18. The van der Waals surface area contributed by atoms with Gasteiger partial charge in [0.1, 0.15) is 0 Å². The molecule has 0 fully saturated rings. The van der Waals surface area contributed by atoms with Crippen LogP contribution in [0.25, 0.3) is 0 Å². The highest BCUT2D eigenvalue weighted by atomic mass is 16.6. The van der Waals surface area contributed by atoms with Crippen molar-refractivity contribution in [3.63, 3.8) is 0 Å². The standard InChI is InChI=1S/C84H146N4O18/c1-11-13-15-17-19-21-23-27-31-37-47-55-63-101-79(93)71(73(105-77(91)69(7)8)81(95)103-65-57-49-41-33-39-45-53-61-99-75(89)67(3)4)87-83(97)85-59-51-43-35-29-25-26-30-36-44-52-60-86-84(98)88-72(80(94)102-64-56-48-38-32-28-24-22-20-18-16-14-12-2)74(106-78(92)70(9)10)82(96)104-66-58-50-42-34-40-46-54-62-100-76(90)68(5)6/h71-74H,3,5,7,9,11-66H2,1-2,4,6,8,10H3,(H2,85,87,97)(H2,86,88,98)/t71-,72-,73?,74?/m0/s1. The molecular weight excluding hydrogens is 1350 g/mol. The number of rotatable bonds is 73. The lowest BCUT2D eigenvalue weighted by atomic mass is 10.1. The summed E-state index contributed by atoms with van der Waals surface area (Å²) < 4.78 is 43.8. The molecule has 0 aliphatic heterocycles. The molecule has 0 aliphatic rings. The second-order valence-electron chi connectivity index (χ2n) is 28.7. The zero-order valence-corrected chi connectivity index (χ0v) is 67.1. The fourth-order valence-corrected chi connectivity index (χ4v) is 11.6. The van der Waals surface area contributed by atoms with Gasteiger partial charge < -0.3 is 59.2 Å². The minimum atomic E-state index is -1.83. The van der Waals surface area contributed by atoms with Crippen LogP contribution in [0.5, 0.6) is 0 Å². The first-order valence-electron chi connectivity index (χ1n) is 41.3. The van der Waals surface area contributed by atoms with Gasteiger partial charge in [-0.15, -0.1) is 0 Å². The summed E-state index contributed by atoms with van der Waals surface area (Å²) in [4.78, 5) is 131. The lowest BCUT2D eigenvalue weighted by Gasteiger charge is -2.25. The molecule has 22 heteroatoms. The molecule has 22 nitrogen and oxygen atoms in total. The molecule has 0 radical (unpaired) electrons. The van der Waals surface area contributed by atoms with Crippen LogP contribution in [0, 0.1) is 0 Å². The summed E-state index contributed by atoms with van der Waals surface area (Å²) in [5.41, 5.74) is 0.713. The van der Waals surface area contributed by atoms with Crippen molar-refractivity contribution in [1.29, 1.82) is 0 Å². The first-order chi connectivity index (χ1) is 51.2.